The molecule has 0 N–H and O–H groups in total. The summed E-state index contributed by atoms with van der Waals surface area (Å²) in [5.41, 5.74) is 0.954. The predicted octanol–water partition coefficient (Wildman–Crippen LogP) is 0.728. The van der Waals surface area contributed by atoms with Crippen molar-refractivity contribution in [2.45, 2.75) is 6.92 Å². The first-order valence-electron chi connectivity index (χ1n) is 3.29. The minimum absolute atomic E-state index is 0.100. The number of aryl methyl sites for hydroxylation is 1. The van der Waals surface area contributed by atoms with Crippen LogP contribution < -0.4 is 4.18 Å². The largest absolute Gasteiger partial charge is 0.362 e. The maximum Gasteiger partial charge on any atom is 0.307 e. The molecule has 0 fully saturated rings. The lowest BCUT2D eigenvalue weighted by molar-refractivity contribution is 0.482. The zero-order valence-corrected chi connectivity index (χ0v) is 7.63. The van der Waals surface area contributed by atoms with E-state index in [0.717, 1.165) is 11.8 Å². The maximum atomic E-state index is 10.6. The van der Waals surface area contributed by atoms with E-state index in [0.29, 0.717) is 0 Å². The Balaban J connectivity index is 2.85. The molecule has 0 saturated carbocycles. The summed E-state index contributed by atoms with van der Waals surface area (Å²) in [4.78, 5) is 3.76. The van der Waals surface area contributed by atoms with Gasteiger partial charge in [0.15, 0.2) is 0 Å². The Bertz CT molecular complexity index is 355. The third-order valence-corrected chi connectivity index (χ3v) is 1.59. The van der Waals surface area contributed by atoms with Crippen molar-refractivity contribution in [1.29, 1.82) is 0 Å². The van der Waals surface area contributed by atoms with E-state index in [1.165, 1.54) is 6.07 Å². The second-order valence-corrected chi connectivity index (χ2v) is 4.04. The van der Waals surface area contributed by atoms with Gasteiger partial charge >= 0.3 is 10.1 Å². The summed E-state index contributed by atoms with van der Waals surface area (Å²) in [7, 11) is -3.45. The monoisotopic (exact) mass is 187 g/mol. The first kappa shape index (κ1) is 8.99. The molecule has 12 heavy (non-hydrogen) atoms. The van der Waals surface area contributed by atoms with Crippen LogP contribution in [-0.2, 0) is 10.1 Å². The summed E-state index contributed by atoms with van der Waals surface area (Å²) in [6, 6.07) is 3.24. The average Bonchev–Trinajstić information content (AvgIpc) is 1.91. The van der Waals surface area contributed by atoms with E-state index in [-0.39, 0.29) is 5.88 Å². The first-order valence-corrected chi connectivity index (χ1v) is 5.11. The van der Waals surface area contributed by atoms with Gasteiger partial charge in [0.25, 0.3) is 0 Å². The summed E-state index contributed by atoms with van der Waals surface area (Å²) in [6.07, 6.45) is 2.52. The van der Waals surface area contributed by atoms with Crippen LogP contribution in [0.4, 0.5) is 0 Å². The van der Waals surface area contributed by atoms with Gasteiger partial charge in [-0.15, -0.1) is 0 Å². The quantitative estimate of drug-likeness (QED) is 0.640. The maximum absolute atomic E-state index is 10.6. The molecule has 0 bridgehead atoms. The Kier molecular flexibility index (Phi) is 2.32. The number of aromatic nitrogens is 1. The van der Waals surface area contributed by atoms with Crippen LogP contribution in [0.25, 0.3) is 0 Å². The number of nitrogens with zero attached hydrogens (tertiary/aromatic N) is 1. The van der Waals surface area contributed by atoms with Crippen molar-refractivity contribution in [3.63, 3.8) is 0 Å². The zero-order chi connectivity index (χ0) is 9.19. The lowest BCUT2D eigenvalue weighted by Gasteiger charge is -2.00. The van der Waals surface area contributed by atoms with Gasteiger partial charge in [0, 0.05) is 12.3 Å². The topological polar surface area (TPSA) is 56.3 Å². The van der Waals surface area contributed by atoms with Crippen molar-refractivity contribution in [3.8, 4) is 5.88 Å². The zero-order valence-electron chi connectivity index (χ0n) is 6.81. The minimum atomic E-state index is -3.45. The van der Waals surface area contributed by atoms with Crippen LogP contribution in [0.15, 0.2) is 18.3 Å². The van der Waals surface area contributed by atoms with Gasteiger partial charge < -0.3 is 4.18 Å². The van der Waals surface area contributed by atoms with E-state index >= 15 is 0 Å². The van der Waals surface area contributed by atoms with Crippen LogP contribution in [0.2, 0.25) is 0 Å². The molecule has 4 nitrogen and oxygen atoms in total. The Morgan fingerprint density at radius 2 is 2.08 bits per heavy atom. The average molecular weight is 187 g/mol. The summed E-state index contributed by atoms with van der Waals surface area (Å²) in [5.74, 6) is 0.100. The Morgan fingerprint density at radius 3 is 2.50 bits per heavy atom. The van der Waals surface area contributed by atoms with Crippen LogP contribution in [0.3, 0.4) is 0 Å². The number of hydrogen-bond donors (Lipinski definition) is 0. The molecule has 1 aromatic rings. The number of rotatable bonds is 2. The molecule has 1 aromatic heterocycles. The highest BCUT2D eigenvalue weighted by molar-refractivity contribution is 7.86. The van der Waals surface area contributed by atoms with Gasteiger partial charge in [-0.1, -0.05) is 6.07 Å². The van der Waals surface area contributed by atoms with E-state index in [9.17, 15) is 8.42 Å². The molecule has 0 aliphatic rings. The van der Waals surface area contributed by atoms with Gasteiger partial charge in [0.1, 0.15) is 0 Å². The molecule has 0 spiro atoms. The van der Waals surface area contributed by atoms with Crippen molar-refractivity contribution >= 4 is 10.1 Å². The van der Waals surface area contributed by atoms with Gasteiger partial charge in [0.05, 0.1) is 6.26 Å². The number of hydrogen-bond acceptors (Lipinski definition) is 4. The van der Waals surface area contributed by atoms with Gasteiger partial charge in [-0.05, 0) is 12.5 Å². The van der Waals surface area contributed by atoms with Crippen molar-refractivity contribution < 1.29 is 12.6 Å². The second kappa shape index (κ2) is 3.10. The Morgan fingerprint density at radius 1 is 1.42 bits per heavy atom. The molecule has 0 atom stereocenters. The molecule has 5 heteroatoms. The number of pyridine rings is 1. The summed E-state index contributed by atoms with van der Waals surface area (Å²) >= 11 is 0. The highest BCUT2D eigenvalue weighted by Crippen LogP contribution is 2.08. The molecular weight excluding hydrogens is 178 g/mol. The molecule has 0 aliphatic carbocycles. The van der Waals surface area contributed by atoms with Crippen LogP contribution in [-0.4, -0.2) is 19.7 Å². The fourth-order valence-electron chi connectivity index (χ4n) is 0.659. The molecule has 1 heterocycles. The van der Waals surface area contributed by atoms with E-state index in [1.54, 1.807) is 12.3 Å². The van der Waals surface area contributed by atoms with Crippen LogP contribution >= 0.6 is 0 Å². The van der Waals surface area contributed by atoms with Crippen molar-refractivity contribution in [3.05, 3.63) is 23.9 Å². The Hall–Kier alpha value is -1.10. The molecular formula is C7H9NO3S. The van der Waals surface area contributed by atoms with Gasteiger partial charge in [-0.3, -0.25) is 0 Å². The van der Waals surface area contributed by atoms with Crippen LogP contribution in [0.5, 0.6) is 5.88 Å². The third-order valence-electron chi connectivity index (χ3n) is 1.12. The molecule has 0 unspecified atom stereocenters. The van der Waals surface area contributed by atoms with E-state index in [1.807, 2.05) is 6.92 Å². The predicted molar refractivity (Wildman–Crippen MR) is 44.4 cm³/mol. The summed E-state index contributed by atoms with van der Waals surface area (Å²) in [6.45, 7) is 1.86. The van der Waals surface area contributed by atoms with Gasteiger partial charge in [-0.25, -0.2) is 4.98 Å². The molecule has 0 radical (unpaired) electrons. The fourth-order valence-corrected chi connectivity index (χ4v) is 1.07. The SMILES string of the molecule is Cc1ccc(OS(C)(=O)=O)nc1. The van der Waals surface area contributed by atoms with E-state index < -0.39 is 10.1 Å². The van der Waals surface area contributed by atoms with E-state index in [2.05, 4.69) is 9.17 Å². The third kappa shape index (κ3) is 2.87. The Labute approximate surface area is 71.3 Å². The van der Waals surface area contributed by atoms with Crippen molar-refractivity contribution in [2.24, 2.45) is 0 Å². The first-order chi connectivity index (χ1) is 5.47. The van der Waals surface area contributed by atoms with Crippen LogP contribution in [0, 0.1) is 6.92 Å². The highest BCUT2D eigenvalue weighted by atomic mass is 32.2. The van der Waals surface area contributed by atoms with Gasteiger partial charge in [-0.2, -0.15) is 8.42 Å². The standard InChI is InChI=1S/C7H9NO3S/c1-6-3-4-7(8-5-6)11-12(2,9)10/h3-5H,1-2H3. The molecule has 0 aromatic carbocycles. The molecule has 0 aliphatic heterocycles. The van der Waals surface area contributed by atoms with Crippen molar-refractivity contribution in [2.75, 3.05) is 6.26 Å². The van der Waals surface area contributed by atoms with Crippen LogP contribution in [0.1, 0.15) is 5.56 Å². The second-order valence-electron chi connectivity index (χ2n) is 2.46. The lowest BCUT2D eigenvalue weighted by Crippen LogP contribution is -2.06. The molecule has 0 amide bonds. The molecule has 0 saturated heterocycles. The molecule has 1 rings (SSSR count). The summed E-state index contributed by atoms with van der Waals surface area (Å²) in [5, 5.41) is 0. The summed E-state index contributed by atoms with van der Waals surface area (Å²) < 4.78 is 25.8. The van der Waals surface area contributed by atoms with Gasteiger partial charge in [0.2, 0.25) is 5.88 Å². The minimum Gasteiger partial charge on any atom is -0.362 e. The highest BCUT2D eigenvalue weighted by Gasteiger charge is 2.03. The molecule has 66 valence electrons. The smallest absolute Gasteiger partial charge is 0.307 e. The fraction of sp³-hybridized carbons (Fsp3) is 0.286. The van der Waals surface area contributed by atoms with Crippen molar-refractivity contribution in [1.82, 2.24) is 4.98 Å². The lowest BCUT2D eigenvalue weighted by atomic mass is 10.3. The van der Waals surface area contributed by atoms with E-state index in [4.69, 9.17) is 0 Å². The normalized spacial score (nSPS) is 11.2.